The van der Waals surface area contributed by atoms with Crippen molar-refractivity contribution < 1.29 is 0 Å². The Balaban J connectivity index is 2.06. The van der Waals surface area contributed by atoms with Gasteiger partial charge in [-0.15, -0.1) is 0 Å². The first-order valence-corrected chi connectivity index (χ1v) is 5.58. The van der Waals surface area contributed by atoms with Crippen molar-refractivity contribution in [3.05, 3.63) is 29.1 Å². The number of aromatic nitrogens is 1. The van der Waals surface area contributed by atoms with E-state index >= 15 is 0 Å². The van der Waals surface area contributed by atoms with Crippen molar-refractivity contribution >= 4 is 0 Å². The molecule has 1 aliphatic rings. The van der Waals surface area contributed by atoms with Gasteiger partial charge >= 0.3 is 0 Å². The van der Waals surface area contributed by atoms with Crippen LogP contribution in [0.2, 0.25) is 0 Å². The van der Waals surface area contributed by atoms with Crippen LogP contribution in [0, 0.1) is 18.3 Å². The van der Waals surface area contributed by atoms with E-state index in [-0.39, 0.29) is 0 Å². The molecule has 4 nitrogen and oxygen atoms in total. The van der Waals surface area contributed by atoms with Crippen LogP contribution < -0.4 is 5.32 Å². The molecule has 0 radical (unpaired) electrons. The van der Waals surface area contributed by atoms with Gasteiger partial charge in [0.25, 0.3) is 0 Å². The molecule has 1 fully saturated rings. The summed E-state index contributed by atoms with van der Waals surface area (Å²) in [5.41, 5.74) is 2.63. The third kappa shape index (κ3) is 2.57. The van der Waals surface area contributed by atoms with Gasteiger partial charge < -0.3 is 5.32 Å². The highest BCUT2D eigenvalue weighted by Gasteiger charge is 2.10. The summed E-state index contributed by atoms with van der Waals surface area (Å²) < 4.78 is 0. The zero-order valence-corrected chi connectivity index (χ0v) is 9.53. The molecule has 1 aliphatic heterocycles. The second kappa shape index (κ2) is 5.06. The first-order valence-electron chi connectivity index (χ1n) is 5.58. The van der Waals surface area contributed by atoms with Gasteiger partial charge in [0.05, 0.1) is 11.3 Å². The summed E-state index contributed by atoms with van der Waals surface area (Å²) in [6, 6.07) is 4.13. The normalized spacial score (nSPS) is 17.0. The van der Waals surface area contributed by atoms with Crippen LogP contribution in [0.4, 0.5) is 0 Å². The van der Waals surface area contributed by atoms with Crippen molar-refractivity contribution in [2.75, 3.05) is 26.2 Å². The fourth-order valence-electron chi connectivity index (χ4n) is 1.90. The minimum absolute atomic E-state index is 0.688. The van der Waals surface area contributed by atoms with Crippen LogP contribution in [0.25, 0.3) is 0 Å². The first kappa shape index (κ1) is 11.1. The highest BCUT2D eigenvalue weighted by molar-refractivity contribution is 5.35. The van der Waals surface area contributed by atoms with E-state index in [4.69, 9.17) is 5.26 Å². The Kier molecular flexibility index (Phi) is 3.50. The van der Waals surface area contributed by atoms with E-state index in [1.807, 2.05) is 19.2 Å². The average Bonchev–Trinajstić information content (AvgIpc) is 2.33. The smallest absolute Gasteiger partial charge is 0.101 e. The quantitative estimate of drug-likeness (QED) is 0.789. The van der Waals surface area contributed by atoms with E-state index in [1.165, 1.54) is 0 Å². The average molecular weight is 216 g/mol. The van der Waals surface area contributed by atoms with Crippen molar-refractivity contribution in [2.45, 2.75) is 13.5 Å². The Labute approximate surface area is 95.9 Å². The molecule has 1 aromatic rings. The van der Waals surface area contributed by atoms with Gasteiger partial charge in [-0.1, -0.05) is 0 Å². The number of pyridine rings is 1. The lowest BCUT2D eigenvalue weighted by Crippen LogP contribution is -2.42. The van der Waals surface area contributed by atoms with Gasteiger partial charge in [-0.25, -0.2) is 0 Å². The lowest BCUT2D eigenvalue weighted by atomic mass is 10.1. The second-order valence-corrected chi connectivity index (χ2v) is 4.11. The maximum atomic E-state index is 8.94. The van der Waals surface area contributed by atoms with Crippen molar-refractivity contribution in [3.63, 3.8) is 0 Å². The topological polar surface area (TPSA) is 52.0 Å². The molecule has 0 amide bonds. The van der Waals surface area contributed by atoms with Crippen LogP contribution in [0.15, 0.2) is 12.3 Å². The lowest BCUT2D eigenvalue weighted by Gasteiger charge is -2.27. The van der Waals surface area contributed by atoms with Crippen LogP contribution in [-0.4, -0.2) is 36.1 Å². The van der Waals surface area contributed by atoms with E-state index in [0.29, 0.717) is 5.56 Å². The van der Waals surface area contributed by atoms with Crippen molar-refractivity contribution in [1.82, 2.24) is 15.2 Å². The first-order chi connectivity index (χ1) is 7.79. The number of hydrogen-bond donors (Lipinski definition) is 1. The number of nitrogens with one attached hydrogen (secondary N) is 1. The van der Waals surface area contributed by atoms with E-state index in [2.05, 4.69) is 21.3 Å². The Morgan fingerprint density at radius 1 is 1.50 bits per heavy atom. The molecule has 0 bridgehead atoms. The lowest BCUT2D eigenvalue weighted by molar-refractivity contribution is 0.233. The summed E-state index contributed by atoms with van der Waals surface area (Å²) >= 11 is 0. The number of rotatable bonds is 2. The number of piperazine rings is 1. The van der Waals surface area contributed by atoms with E-state index in [9.17, 15) is 0 Å². The van der Waals surface area contributed by atoms with Crippen LogP contribution in [0.3, 0.4) is 0 Å². The van der Waals surface area contributed by atoms with Gasteiger partial charge in [0, 0.05) is 38.9 Å². The maximum absolute atomic E-state index is 8.94. The van der Waals surface area contributed by atoms with Gasteiger partial charge in [0.1, 0.15) is 6.07 Å². The van der Waals surface area contributed by atoms with Gasteiger partial charge in [0.2, 0.25) is 0 Å². The molecule has 2 heterocycles. The molecular weight excluding hydrogens is 200 g/mol. The van der Waals surface area contributed by atoms with E-state index < -0.39 is 0 Å². The highest BCUT2D eigenvalue weighted by atomic mass is 15.2. The summed E-state index contributed by atoms with van der Waals surface area (Å²) in [6.07, 6.45) is 1.87. The summed E-state index contributed by atoms with van der Waals surface area (Å²) in [5.74, 6) is 0. The van der Waals surface area contributed by atoms with Crippen molar-refractivity contribution in [2.24, 2.45) is 0 Å². The molecule has 84 valence electrons. The number of nitriles is 1. The van der Waals surface area contributed by atoms with Crippen molar-refractivity contribution in [1.29, 1.82) is 5.26 Å². The summed E-state index contributed by atoms with van der Waals surface area (Å²) in [5, 5.41) is 12.3. The number of aryl methyl sites for hydroxylation is 1. The van der Waals surface area contributed by atoms with Gasteiger partial charge in [-0.3, -0.25) is 9.88 Å². The van der Waals surface area contributed by atoms with E-state index in [0.717, 1.165) is 44.0 Å². The highest BCUT2D eigenvalue weighted by Crippen LogP contribution is 2.09. The van der Waals surface area contributed by atoms with Crippen molar-refractivity contribution in [3.8, 4) is 6.07 Å². The van der Waals surface area contributed by atoms with Crippen LogP contribution >= 0.6 is 0 Å². The molecule has 1 saturated heterocycles. The molecule has 16 heavy (non-hydrogen) atoms. The third-order valence-corrected chi connectivity index (χ3v) is 2.88. The summed E-state index contributed by atoms with van der Waals surface area (Å²) in [6.45, 7) is 6.98. The predicted octanol–water partition coefficient (Wildman–Crippen LogP) is 0.667. The standard InChI is InChI=1S/C12H16N4/c1-10-12(7-13)6-11(8-15-10)9-16-4-2-14-3-5-16/h6,8,14H,2-5,9H2,1H3. The number of nitrogens with zero attached hydrogens (tertiary/aromatic N) is 3. The third-order valence-electron chi connectivity index (χ3n) is 2.88. The zero-order chi connectivity index (χ0) is 11.4. The predicted molar refractivity (Wildman–Crippen MR) is 61.8 cm³/mol. The molecule has 0 aliphatic carbocycles. The molecule has 0 spiro atoms. The summed E-state index contributed by atoms with van der Waals surface area (Å²) in [4.78, 5) is 6.63. The largest absolute Gasteiger partial charge is 0.314 e. The molecule has 2 rings (SSSR count). The zero-order valence-electron chi connectivity index (χ0n) is 9.53. The minimum atomic E-state index is 0.688. The molecule has 0 unspecified atom stereocenters. The molecule has 0 saturated carbocycles. The number of hydrogen-bond acceptors (Lipinski definition) is 4. The SMILES string of the molecule is Cc1ncc(CN2CCNCC2)cc1C#N. The summed E-state index contributed by atoms with van der Waals surface area (Å²) in [7, 11) is 0. The fraction of sp³-hybridized carbons (Fsp3) is 0.500. The minimum Gasteiger partial charge on any atom is -0.314 e. The maximum Gasteiger partial charge on any atom is 0.101 e. The molecule has 1 aromatic heterocycles. The molecule has 1 N–H and O–H groups in total. The fourth-order valence-corrected chi connectivity index (χ4v) is 1.90. The van der Waals surface area contributed by atoms with Gasteiger partial charge in [-0.05, 0) is 18.6 Å². The monoisotopic (exact) mass is 216 g/mol. The second-order valence-electron chi connectivity index (χ2n) is 4.11. The molecular formula is C12H16N4. The Bertz CT molecular complexity index is 402. The molecule has 4 heteroatoms. The Hall–Kier alpha value is -1.44. The molecule has 0 atom stereocenters. The van der Waals surface area contributed by atoms with Gasteiger partial charge in [0.15, 0.2) is 0 Å². The Morgan fingerprint density at radius 2 is 2.25 bits per heavy atom. The molecule has 0 aromatic carbocycles. The van der Waals surface area contributed by atoms with Crippen LogP contribution in [0.5, 0.6) is 0 Å². The Morgan fingerprint density at radius 3 is 2.94 bits per heavy atom. The van der Waals surface area contributed by atoms with Crippen LogP contribution in [-0.2, 0) is 6.54 Å². The van der Waals surface area contributed by atoms with Crippen LogP contribution in [0.1, 0.15) is 16.8 Å². The van der Waals surface area contributed by atoms with E-state index in [1.54, 1.807) is 0 Å². The van der Waals surface area contributed by atoms with Gasteiger partial charge in [-0.2, -0.15) is 5.26 Å².